The summed E-state index contributed by atoms with van der Waals surface area (Å²) in [4.78, 5) is 30.0. The van der Waals surface area contributed by atoms with Crippen LogP contribution in [0.2, 0.25) is 0 Å². The average molecular weight is 700 g/mol. The standard InChI is InChI=1S/C20H23NO3.C19H21NO4.C2H2.B2/c1-3-9-21-10-8-19-16-13-5-4-12(2)17(16)24-18(19)14(22)6-7-20(19,23)15(21)11-13;1-2-8-20-9-7-18-15-11-3-4-12(21)16(15)24-17(18)13(22)5-6-19(18,23)14(20)10-11;2*1-2/h3-5,15,18,23H,1,6-11H2,2H3;2-4,14,17,21,23H,1,5-10H2;1-2H;/t15-,18+,19+,20-;14-,17+,18+,19-;;/m11../s1. The molecule has 4 bridgehead atoms. The Bertz CT molecular complexity index is 1740. The predicted octanol–water partition coefficient (Wildman–Crippen LogP) is 2.69. The second-order valence-corrected chi connectivity index (χ2v) is 15.4. The van der Waals surface area contributed by atoms with Crippen molar-refractivity contribution < 1.29 is 34.4 Å². The average Bonchev–Trinajstić information content (AvgIpc) is 3.70. The van der Waals surface area contributed by atoms with E-state index in [2.05, 4.69) is 63.4 Å². The zero-order valence-electron chi connectivity index (χ0n) is 29.9. The van der Waals surface area contributed by atoms with Crippen molar-refractivity contribution in [2.24, 2.45) is 0 Å². The summed E-state index contributed by atoms with van der Waals surface area (Å²) in [6, 6.07) is 7.81. The number of phenols is 1. The number of carbonyl (C=O) groups excluding carboxylic acids is 2. The van der Waals surface area contributed by atoms with Crippen molar-refractivity contribution in [3.8, 4) is 30.1 Å². The van der Waals surface area contributed by atoms with Gasteiger partial charge in [0.2, 0.25) is 0 Å². The van der Waals surface area contributed by atoms with Gasteiger partial charge in [0, 0.05) is 77.7 Å². The molecule has 8 aliphatic rings. The molecule has 2 saturated carbocycles. The highest BCUT2D eigenvalue weighted by atomic mass is 16.5. The zero-order valence-corrected chi connectivity index (χ0v) is 29.9. The number of likely N-dealkylation sites (tertiary alicyclic amines) is 2. The molecule has 2 spiro atoms. The van der Waals surface area contributed by atoms with E-state index in [4.69, 9.17) is 9.47 Å². The third-order valence-corrected chi connectivity index (χ3v) is 13.7. The Morgan fingerprint density at radius 2 is 1.23 bits per heavy atom. The molecule has 0 unspecified atom stereocenters. The van der Waals surface area contributed by atoms with Crippen molar-refractivity contribution in [1.82, 2.24) is 9.80 Å². The third kappa shape index (κ3) is 4.41. The fourth-order valence-electron chi connectivity index (χ4n) is 11.7. The van der Waals surface area contributed by atoms with Crippen LogP contribution in [0, 0.1) is 19.8 Å². The smallest absolute Gasteiger partial charge is 0.174 e. The van der Waals surface area contributed by atoms with Gasteiger partial charge < -0.3 is 24.8 Å². The summed E-state index contributed by atoms with van der Waals surface area (Å²) < 4.78 is 12.2. The van der Waals surface area contributed by atoms with Gasteiger partial charge in [-0.1, -0.05) is 30.4 Å². The van der Waals surface area contributed by atoms with Gasteiger partial charge in [-0.3, -0.25) is 19.4 Å². The van der Waals surface area contributed by atoms with E-state index < -0.39 is 34.2 Å². The first-order valence-corrected chi connectivity index (χ1v) is 18.2. The highest BCUT2D eigenvalue weighted by Crippen LogP contribution is 2.66. The molecule has 3 N–H and O–H groups in total. The van der Waals surface area contributed by atoms with Crippen LogP contribution in [0.1, 0.15) is 66.3 Å². The van der Waals surface area contributed by atoms with Crippen LogP contribution >= 0.6 is 0 Å². The molecule has 4 heterocycles. The van der Waals surface area contributed by atoms with Gasteiger partial charge in [-0.2, -0.15) is 0 Å². The number of aryl methyl sites for hydroxylation is 1. The quantitative estimate of drug-likeness (QED) is 0.252. The number of aromatic hydroxyl groups is 1. The molecule has 4 aliphatic heterocycles. The van der Waals surface area contributed by atoms with E-state index in [1.807, 2.05) is 25.1 Å². The highest BCUT2D eigenvalue weighted by Gasteiger charge is 2.74. The number of nitrogens with zero attached hydrogens (tertiary/aromatic N) is 2. The number of aliphatic hydroxyl groups is 2. The van der Waals surface area contributed by atoms with Crippen molar-refractivity contribution in [2.45, 2.75) is 105 Å². The molecule has 8 atom stereocenters. The summed E-state index contributed by atoms with van der Waals surface area (Å²) in [7, 11) is 8.00. The Hall–Kier alpha value is -3.81. The second kappa shape index (κ2) is 12.9. The fraction of sp³-hybridized carbons (Fsp3) is 0.512. The number of ether oxygens (including phenoxy) is 2. The molecule has 10 rings (SSSR count). The topological polar surface area (TPSA) is 120 Å². The molecule has 52 heavy (non-hydrogen) atoms. The first kappa shape index (κ1) is 36.5. The zero-order chi connectivity index (χ0) is 37.4. The number of carbonyl (C=O) groups is 2. The van der Waals surface area contributed by atoms with Gasteiger partial charge in [0.1, 0.15) is 5.75 Å². The number of piperidine rings is 2. The van der Waals surface area contributed by atoms with Gasteiger partial charge in [0.25, 0.3) is 0 Å². The van der Waals surface area contributed by atoms with E-state index in [0.717, 1.165) is 67.0 Å². The number of hydrogen-bond donors (Lipinski definition) is 3. The molecular formula is C41H46B2N2O7. The molecular weight excluding hydrogens is 654 g/mol. The fourth-order valence-corrected chi connectivity index (χ4v) is 11.7. The molecule has 0 amide bonds. The van der Waals surface area contributed by atoms with E-state index in [1.165, 1.54) is 5.56 Å². The maximum atomic E-state index is 12.7. The molecule has 0 aromatic heterocycles. The van der Waals surface area contributed by atoms with E-state index in [0.29, 0.717) is 44.3 Å². The van der Waals surface area contributed by atoms with Gasteiger partial charge in [0.05, 0.1) is 22.0 Å². The summed E-state index contributed by atoms with van der Waals surface area (Å²) in [5, 5.41) is 34.0. The molecule has 4 aliphatic carbocycles. The third-order valence-electron chi connectivity index (χ3n) is 13.7. The summed E-state index contributed by atoms with van der Waals surface area (Å²) in [6.45, 7) is 12.9. The largest absolute Gasteiger partial charge is 0.504 e. The first-order chi connectivity index (χ1) is 25.1. The molecule has 2 aromatic carbocycles. The van der Waals surface area contributed by atoms with Crippen molar-refractivity contribution in [2.75, 3.05) is 26.2 Å². The minimum Gasteiger partial charge on any atom is -0.504 e. The van der Waals surface area contributed by atoms with Crippen LogP contribution in [-0.4, -0.2) is 114 Å². The number of hydrogen-bond acceptors (Lipinski definition) is 9. The number of ketones is 2. The minimum atomic E-state index is -1.00. The Labute approximate surface area is 308 Å². The van der Waals surface area contributed by atoms with E-state index in [-0.39, 0.29) is 29.4 Å². The lowest BCUT2D eigenvalue weighted by Crippen LogP contribution is -2.76. The lowest BCUT2D eigenvalue weighted by molar-refractivity contribution is -0.187. The van der Waals surface area contributed by atoms with Crippen molar-refractivity contribution in [3.05, 3.63) is 77.4 Å². The molecule has 9 nitrogen and oxygen atoms in total. The predicted molar refractivity (Wildman–Crippen MR) is 199 cm³/mol. The summed E-state index contributed by atoms with van der Waals surface area (Å²) in [5.74, 6) is 1.54. The van der Waals surface area contributed by atoms with Crippen LogP contribution in [0.4, 0.5) is 0 Å². The number of terminal acetylenes is 1. The van der Waals surface area contributed by atoms with Crippen LogP contribution in [0.25, 0.3) is 0 Å². The summed E-state index contributed by atoms with van der Waals surface area (Å²) in [5.41, 5.74) is 2.26. The Balaban J connectivity index is 0.000000148. The van der Waals surface area contributed by atoms with E-state index >= 15 is 0 Å². The summed E-state index contributed by atoms with van der Waals surface area (Å²) in [6.07, 6.45) is 15.3. The van der Waals surface area contributed by atoms with Crippen LogP contribution < -0.4 is 9.47 Å². The highest BCUT2D eigenvalue weighted by molar-refractivity contribution is 6.75. The van der Waals surface area contributed by atoms with Gasteiger partial charge in [-0.15, -0.1) is 26.0 Å². The molecule has 2 aromatic rings. The molecule has 4 fully saturated rings. The van der Waals surface area contributed by atoms with Gasteiger partial charge >= 0.3 is 0 Å². The van der Waals surface area contributed by atoms with Gasteiger partial charge in [0.15, 0.2) is 35.3 Å². The Morgan fingerprint density at radius 1 is 0.788 bits per heavy atom. The number of rotatable bonds is 4. The van der Waals surface area contributed by atoms with Crippen LogP contribution in [0.15, 0.2) is 49.6 Å². The number of Topliss-reactive ketones (excluding diaryl/α,β-unsaturated/α-hetero) is 2. The normalized spacial score (nSPS) is 36.4. The van der Waals surface area contributed by atoms with Crippen LogP contribution in [0.5, 0.6) is 17.2 Å². The lowest BCUT2D eigenvalue weighted by Gasteiger charge is -2.62. The van der Waals surface area contributed by atoms with Crippen molar-refractivity contribution in [3.63, 3.8) is 0 Å². The SMILES string of the molecule is C#C.C=CCN1CC[C@]23c4c5ccc(C)c4O[C@H]2C(=O)CC[C@@]3(O)[C@H]1C5.C=CCN1CC[C@]23c4c5ccc(O)c4O[C@H]2C(=O)CC[C@@]3(O)[C@H]1C5.[B][B]. The maximum absolute atomic E-state index is 12.7. The number of phenolic OH excluding ortho intramolecular Hbond substituents is 1. The van der Waals surface area contributed by atoms with Gasteiger partial charge in [-0.05, 0) is 68.2 Å². The second-order valence-electron chi connectivity index (χ2n) is 15.4. The van der Waals surface area contributed by atoms with E-state index in [9.17, 15) is 24.9 Å². The molecule has 268 valence electrons. The van der Waals surface area contributed by atoms with Gasteiger partial charge in [-0.25, -0.2) is 0 Å². The lowest BCUT2D eigenvalue weighted by atomic mass is 9.49. The first-order valence-electron chi connectivity index (χ1n) is 18.2. The van der Waals surface area contributed by atoms with Crippen molar-refractivity contribution >= 4 is 27.0 Å². The number of benzene rings is 2. The monoisotopic (exact) mass is 700 g/mol. The minimum absolute atomic E-state index is 0.0320. The van der Waals surface area contributed by atoms with Crippen LogP contribution in [0.3, 0.4) is 0 Å². The van der Waals surface area contributed by atoms with Crippen LogP contribution in [-0.2, 0) is 33.3 Å². The van der Waals surface area contributed by atoms with Crippen molar-refractivity contribution in [1.29, 1.82) is 0 Å². The Kier molecular flexibility index (Phi) is 9.10. The van der Waals surface area contributed by atoms with E-state index in [1.54, 1.807) is 6.07 Å². The summed E-state index contributed by atoms with van der Waals surface area (Å²) >= 11 is 0. The molecule has 4 radical (unpaired) electrons. The maximum Gasteiger partial charge on any atom is 0.174 e. The molecule has 11 heteroatoms. The Morgan fingerprint density at radius 3 is 1.71 bits per heavy atom. The molecule has 2 saturated heterocycles.